The number of hydrogen-bond acceptors (Lipinski definition) is 10. The fraction of sp³-hybridized carbons (Fsp3) is 0.213. The number of fused-ring (bicyclic) bond motifs is 2. The van der Waals surface area contributed by atoms with Gasteiger partial charge in [0.05, 0.1) is 41.8 Å². The Morgan fingerprint density at radius 2 is 1.47 bits per heavy atom. The van der Waals surface area contributed by atoms with E-state index in [1.54, 1.807) is 36.5 Å². The topological polar surface area (TPSA) is 140 Å². The minimum Gasteiger partial charge on any atom is -0.494 e. The summed E-state index contributed by atoms with van der Waals surface area (Å²) < 4.78 is 37.0. The van der Waals surface area contributed by atoms with Gasteiger partial charge in [0.25, 0.3) is 0 Å². The molecule has 0 aliphatic heterocycles. The summed E-state index contributed by atoms with van der Waals surface area (Å²) >= 11 is 0. The van der Waals surface area contributed by atoms with Gasteiger partial charge in [0, 0.05) is 36.8 Å². The molecule has 7 rings (SSSR count). The highest BCUT2D eigenvalue weighted by atomic mass is 19.1. The molecule has 11 heteroatoms. The standard InChI is InChI=1S/C47H40FN3O7/c48-44-26-40(19-15-36(44)27-49)57-47(54)35-16-20-45(37(25-35)28-50-51-29-43-41-11-3-1-8-33(41)24-34-9-2-4-12-42(34)43)58-46(53)32-13-17-39(18-14-32)56-22-6-21-55-30-31-7-5-10-38(52)23-31/h1-4,8-9,11-20,24-26,28-29,31,38,52H,5-7,10,21-23,30H2/b50-28+,51-29+. The molecule has 6 aromatic rings. The fourth-order valence-corrected chi connectivity index (χ4v) is 6.92. The van der Waals surface area contributed by atoms with Crippen molar-refractivity contribution >= 4 is 45.9 Å². The van der Waals surface area contributed by atoms with E-state index in [2.05, 4.69) is 16.3 Å². The highest BCUT2D eigenvalue weighted by Gasteiger charge is 2.20. The van der Waals surface area contributed by atoms with E-state index in [1.807, 2.05) is 48.5 Å². The van der Waals surface area contributed by atoms with Gasteiger partial charge in [0.1, 0.15) is 29.1 Å². The molecular formula is C47H40FN3O7. The third kappa shape index (κ3) is 9.97. The second kappa shape index (κ2) is 18.9. The van der Waals surface area contributed by atoms with Crippen LogP contribution in [-0.2, 0) is 4.74 Å². The first kappa shape index (κ1) is 39.5. The van der Waals surface area contributed by atoms with E-state index >= 15 is 0 Å². The van der Waals surface area contributed by atoms with Crippen LogP contribution in [0.25, 0.3) is 21.5 Å². The average Bonchev–Trinajstić information content (AvgIpc) is 3.24. The maximum Gasteiger partial charge on any atom is 0.343 e. The van der Waals surface area contributed by atoms with Gasteiger partial charge in [-0.25, -0.2) is 14.0 Å². The highest BCUT2D eigenvalue weighted by Crippen LogP contribution is 2.28. The van der Waals surface area contributed by atoms with Crippen LogP contribution < -0.4 is 14.2 Å². The number of nitrogens with zero attached hydrogens (tertiary/aromatic N) is 3. The summed E-state index contributed by atoms with van der Waals surface area (Å²) in [6.07, 6.45) is 7.28. The molecule has 292 valence electrons. The number of rotatable bonds is 14. The zero-order chi connectivity index (χ0) is 40.3. The van der Waals surface area contributed by atoms with E-state index in [0.717, 1.165) is 58.9 Å². The van der Waals surface area contributed by atoms with Crippen LogP contribution in [0, 0.1) is 23.1 Å². The molecule has 0 saturated heterocycles. The van der Waals surface area contributed by atoms with Gasteiger partial charge < -0.3 is 24.1 Å². The van der Waals surface area contributed by atoms with Crippen LogP contribution >= 0.6 is 0 Å². The lowest BCUT2D eigenvalue weighted by Gasteiger charge is -2.25. The van der Waals surface area contributed by atoms with Crippen LogP contribution in [0.3, 0.4) is 0 Å². The number of hydrogen-bond donors (Lipinski definition) is 1. The third-order valence-electron chi connectivity index (χ3n) is 9.88. The number of aliphatic hydroxyl groups is 1. The van der Waals surface area contributed by atoms with E-state index in [1.165, 1.54) is 36.5 Å². The lowest BCUT2D eigenvalue weighted by atomic mass is 9.88. The van der Waals surface area contributed by atoms with Crippen LogP contribution in [-0.4, -0.2) is 55.4 Å². The Labute approximate surface area is 334 Å². The number of carbonyl (C=O) groups is 2. The summed E-state index contributed by atoms with van der Waals surface area (Å²) in [7, 11) is 0. The average molecular weight is 778 g/mol. The normalized spacial score (nSPS) is 15.5. The maximum atomic E-state index is 14.2. The summed E-state index contributed by atoms with van der Waals surface area (Å²) in [4.78, 5) is 26.5. The van der Waals surface area contributed by atoms with Gasteiger partial charge in [0.15, 0.2) is 0 Å². The van der Waals surface area contributed by atoms with Crippen molar-refractivity contribution in [2.24, 2.45) is 16.1 Å². The molecule has 0 heterocycles. The van der Waals surface area contributed by atoms with Crippen molar-refractivity contribution in [3.63, 3.8) is 0 Å². The van der Waals surface area contributed by atoms with Gasteiger partial charge in [-0.05, 0) is 107 Å². The Morgan fingerprint density at radius 1 is 0.776 bits per heavy atom. The fourth-order valence-electron chi connectivity index (χ4n) is 6.92. The predicted molar refractivity (Wildman–Crippen MR) is 219 cm³/mol. The van der Waals surface area contributed by atoms with Crippen molar-refractivity contribution in [2.45, 2.75) is 38.2 Å². The minimum atomic E-state index is -0.822. The van der Waals surface area contributed by atoms with E-state index < -0.39 is 17.8 Å². The van der Waals surface area contributed by atoms with Gasteiger partial charge in [-0.15, -0.1) is 0 Å². The van der Waals surface area contributed by atoms with Gasteiger partial charge in [-0.3, -0.25) is 0 Å². The molecule has 1 N–H and O–H groups in total. The molecule has 0 radical (unpaired) electrons. The molecule has 6 aromatic carbocycles. The number of nitriles is 1. The number of ether oxygens (including phenoxy) is 4. The molecule has 1 aliphatic carbocycles. The van der Waals surface area contributed by atoms with E-state index in [0.29, 0.717) is 37.9 Å². The van der Waals surface area contributed by atoms with Crippen LogP contribution in [0.5, 0.6) is 17.2 Å². The number of carbonyl (C=O) groups excluding carboxylic acids is 2. The second-order valence-corrected chi connectivity index (χ2v) is 14.0. The summed E-state index contributed by atoms with van der Waals surface area (Å²) in [5.74, 6) is -1.29. The minimum absolute atomic E-state index is 0.0646. The molecule has 2 atom stereocenters. The quantitative estimate of drug-likeness (QED) is 0.0288. The first-order valence-electron chi connectivity index (χ1n) is 19.1. The number of esters is 2. The van der Waals surface area contributed by atoms with Crippen molar-refractivity contribution in [3.05, 3.63) is 149 Å². The monoisotopic (exact) mass is 777 g/mol. The van der Waals surface area contributed by atoms with Crippen LogP contribution in [0.1, 0.15) is 69.5 Å². The molecule has 1 saturated carbocycles. The highest BCUT2D eigenvalue weighted by molar-refractivity contribution is 6.13. The Bertz CT molecular complexity index is 2480. The van der Waals surface area contributed by atoms with Gasteiger partial charge in [-0.2, -0.15) is 15.5 Å². The van der Waals surface area contributed by atoms with Crippen molar-refractivity contribution in [1.29, 1.82) is 5.26 Å². The summed E-state index contributed by atoms with van der Waals surface area (Å²) in [6.45, 7) is 1.64. The summed E-state index contributed by atoms with van der Waals surface area (Å²) in [5, 5.41) is 31.6. The number of benzene rings is 6. The molecule has 1 fully saturated rings. The molecule has 2 unspecified atom stereocenters. The van der Waals surface area contributed by atoms with E-state index in [9.17, 15) is 19.1 Å². The van der Waals surface area contributed by atoms with E-state index in [-0.39, 0.29) is 39.9 Å². The molecular weight excluding hydrogens is 738 g/mol. The van der Waals surface area contributed by atoms with Gasteiger partial charge >= 0.3 is 11.9 Å². The van der Waals surface area contributed by atoms with Gasteiger partial charge in [0.2, 0.25) is 0 Å². The molecule has 0 bridgehead atoms. The van der Waals surface area contributed by atoms with E-state index in [4.69, 9.17) is 24.2 Å². The van der Waals surface area contributed by atoms with Crippen molar-refractivity contribution < 1.29 is 38.0 Å². The lowest BCUT2D eigenvalue weighted by molar-refractivity contribution is 0.0377. The van der Waals surface area contributed by atoms with Crippen molar-refractivity contribution in [1.82, 2.24) is 0 Å². The van der Waals surface area contributed by atoms with Gasteiger partial charge in [-0.1, -0.05) is 55.0 Å². The zero-order valence-electron chi connectivity index (χ0n) is 31.6. The van der Waals surface area contributed by atoms with Crippen molar-refractivity contribution in [2.75, 3.05) is 19.8 Å². The zero-order valence-corrected chi connectivity index (χ0v) is 31.6. The van der Waals surface area contributed by atoms with Crippen molar-refractivity contribution in [3.8, 4) is 23.3 Å². The number of aliphatic hydroxyl groups excluding tert-OH is 1. The second-order valence-electron chi connectivity index (χ2n) is 14.0. The number of halogens is 1. The summed E-state index contributed by atoms with van der Waals surface area (Å²) in [6, 6.07) is 34.1. The Morgan fingerprint density at radius 3 is 2.19 bits per heavy atom. The predicted octanol–water partition coefficient (Wildman–Crippen LogP) is 9.23. The SMILES string of the molecule is N#Cc1ccc(OC(=O)c2ccc(OC(=O)c3ccc(OCCCOCC4CCCC(O)C4)cc3)c(/C=N/N=C/c3c4ccccc4cc4ccccc34)c2)cc1F. The first-order valence-corrected chi connectivity index (χ1v) is 19.1. The molecule has 0 spiro atoms. The van der Waals surface area contributed by atoms with Crippen LogP contribution in [0.2, 0.25) is 0 Å². The largest absolute Gasteiger partial charge is 0.494 e. The molecule has 0 aromatic heterocycles. The summed E-state index contributed by atoms with van der Waals surface area (Å²) in [5.41, 5.74) is 1.27. The Balaban J connectivity index is 1.05. The Hall–Kier alpha value is -6.74. The molecule has 10 nitrogen and oxygen atoms in total. The Kier molecular flexibility index (Phi) is 12.9. The van der Waals surface area contributed by atoms with Crippen LogP contribution in [0.4, 0.5) is 4.39 Å². The van der Waals surface area contributed by atoms with Crippen LogP contribution in [0.15, 0.2) is 125 Å². The molecule has 0 amide bonds. The first-order chi connectivity index (χ1) is 28.3. The smallest absolute Gasteiger partial charge is 0.343 e. The maximum absolute atomic E-state index is 14.2. The molecule has 1 aliphatic rings. The molecule has 58 heavy (non-hydrogen) atoms. The third-order valence-corrected chi connectivity index (χ3v) is 9.88. The lowest BCUT2D eigenvalue weighted by Crippen LogP contribution is -2.23.